The number of aliphatic imine (C=N–C) groups is 1. The number of nitrogens with two attached hydrogens (primary N) is 1. The SMILES string of the molecule is C=Cc1[nH]nc2c(C)nc(-c3c(C)nn(C)c3OCCN(C)CC(=NC)/C(C)=C\N)cc12. The summed E-state index contributed by atoms with van der Waals surface area (Å²) in [5.41, 5.74) is 12.7. The Balaban J connectivity index is 1.82. The fraction of sp³-hybridized carbons (Fsp3) is 0.391. The third-order valence-corrected chi connectivity index (χ3v) is 5.48. The Morgan fingerprint density at radius 1 is 1.38 bits per heavy atom. The zero-order valence-corrected chi connectivity index (χ0v) is 19.7. The van der Waals surface area contributed by atoms with Crippen LogP contribution in [0.5, 0.6) is 5.88 Å². The van der Waals surface area contributed by atoms with E-state index in [1.165, 1.54) is 0 Å². The van der Waals surface area contributed by atoms with Crippen molar-refractivity contribution in [2.45, 2.75) is 20.8 Å². The van der Waals surface area contributed by atoms with Gasteiger partial charge in [0.1, 0.15) is 12.1 Å². The van der Waals surface area contributed by atoms with Gasteiger partial charge < -0.3 is 10.5 Å². The number of H-pyrrole nitrogens is 1. The number of aryl methyl sites for hydroxylation is 3. The highest BCUT2D eigenvalue weighted by Crippen LogP contribution is 2.34. The standard InChI is InChI=1S/C23H32N8O/c1-8-18-17-11-19(26-16(4)22(17)28-27-18)21-15(3)29-31(7)23(21)32-10-9-30(6)13-20(25-5)14(2)12-24/h8,11-12H,1,9-10,13,24H2,2-7H3,(H,27,28)/b14-12-,25-20?. The van der Waals surface area contributed by atoms with Crippen molar-refractivity contribution in [3.63, 3.8) is 0 Å². The minimum Gasteiger partial charge on any atom is -0.476 e. The molecule has 3 heterocycles. The van der Waals surface area contributed by atoms with Crippen molar-refractivity contribution in [1.29, 1.82) is 0 Å². The molecule has 3 rings (SSSR count). The minimum absolute atomic E-state index is 0.496. The summed E-state index contributed by atoms with van der Waals surface area (Å²) >= 11 is 0. The van der Waals surface area contributed by atoms with Gasteiger partial charge in [-0.25, -0.2) is 4.68 Å². The van der Waals surface area contributed by atoms with Gasteiger partial charge in [0.05, 0.1) is 34.1 Å². The Morgan fingerprint density at radius 3 is 2.78 bits per heavy atom. The third-order valence-electron chi connectivity index (χ3n) is 5.48. The summed E-state index contributed by atoms with van der Waals surface area (Å²) in [6.07, 6.45) is 3.35. The number of aromatic nitrogens is 5. The highest BCUT2D eigenvalue weighted by atomic mass is 16.5. The van der Waals surface area contributed by atoms with Gasteiger partial charge in [0.15, 0.2) is 0 Å². The maximum Gasteiger partial charge on any atom is 0.221 e. The Hall–Kier alpha value is -3.46. The first-order valence-corrected chi connectivity index (χ1v) is 10.5. The molecule has 170 valence electrons. The number of rotatable bonds is 9. The van der Waals surface area contributed by atoms with Crippen molar-refractivity contribution in [1.82, 2.24) is 29.9 Å². The zero-order chi connectivity index (χ0) is 23.4. The van der Waals surface area contributed by atoms with Gasteiger partial charge in [0.25, 0.3) is 0 Å². The molecule has 0 amide bonds. The molecular formula is C23H32N8O. The predicted octanol–water partition coefficient (Wildman–Crippen LogP) is 2.86. The molecular weight excluding hydrogens is 404 g/mol. The highest BCUT2D eigenvalue weighted by molar-refractivity contribution is 6.01. The summed E-state index contributed by atoms with van der Waals surface area (Å²) < 4.78 is 7.96. The minimum atomic E-state index is 0.496. The molecule has 0 fully saturated rings. The predicted molar refractivity (Wildman–Crippen MR) is 130 cm³/mol. The lowest BCUT2D eigenvalue weighted by Gasteiger charge is -2.18. The van der Waals surface area contributed by atoms with E-state index >= 15 is 0 Å². The third kappa shape index (κ3) is 4.57. The van der Waals surface area contributed by atoms with E-state index < -0.39 is 0 Å². The molecule has 0 aliphatic heterocycles. The van der Waals surface area contributed by atoms with Crippen molar-refractivity contribution in [3.8, 4) is 17.1 Å². The molecule has 3 aromatic heterocycles. The van der Waals surface area contributed by atoms with Crippen LogP contribution in [0.4, 0.5) is 0 Å². The van der Waals surface area contributed by atoms with Crippen LogP contribution in [-0.4, -0.2) is 69.4 Å². The first-order chi connectivity index (χ1) is 15.3. The number of nitrogens with one attached hydrogen (secondary N) is 1. The summed E-state index contributed by atoms with van der Waals surface area (Å²) in [5, 5.41) is 12.9. The molecule has 32 heavy (non-hydrogen) atoms. The van der Waals surface area contributed by atoms with Gasteiger partial charge in [-0.2, -0.15) is 10.2 Å². The first-order valence-electron chi connectivity index (χ1n) is 10.5. The molecule has 0 spiro atoms. The molecule has 0 unspecified atom stereocenters. The van der Waals surface area contributed by atoms with Crippen LogP contribution in [0.1, 0.15) is 24.0 Å². The lowest BCUT2D eigenvalue weighted by molar-refractivity contribution is 0.238. The molecule has 3 aromatic rings. The maximum atomic E-state index is 6.20. The number of nitrogens with zero attached hydrogens (tertiary/aromatic N) is 6. The van der Waals surface area contributed by atoms with E-state index in [4.69, 9.17) is 15.5 Å². The first kappa shape index (κ1) is 23.2. The van der Waals surface area contributed by atoms with Crippen molar-refractivity contribution in [2.24, 2.45) is 17.8 Å². The molecule has 9 nitrogen and oxygen atoms in total. The maximum absolute atomic E-state index is 6.20. The molecule has 0 saturated heterocycles. The average molecular weight is 437 g/mol. The van der Waals surface area contributed by atoms with Crippen LogP contribution < -0.4 is 10.5 Å². The van der Waals surface area contributed by atoms with Gasteiger partial charge >= 0.3 is 0 Å². The fourth-order valence-electron chi connectivity index (χ4n) is 3.67. The Morgan fingerprint density at radius 2 is 2.12 bits per heavy atom. The number of pyridine rings is 1. The van der Waals surface area contributed by atoms with Gasteiger partial charge in [-0.15, -0.1) is 0 Å². The molecule has 9 heteroatoms. The molecule has 0 aliphatic rings. The van der Waals surface area contributed by atoms with Crippen molar-refractivity contribution in [3.05, 3.63) is 41.5 Å². The quantitative estimate of drug-likeness (QED) is 0.499. The average Bonchev–Trinajstić information content (AvgIpc) is 3.31. The smallest absolute Gasteiger partial charge is 0.221 e. The number of fused-ring (bicyclic) bond motifs is 1. The summed E-state index contributed by atoms with van der Waals surface area (Å²) in [4.78, 5) is 11.3. The van der Waals surface area contributed by atoms with Crippen LogP contribution in [0.25, 0.3) is 28.2 Å². The van der Waals surface area contributed by atoms with Gasteiger partial charge in [-0.05, 0) is 51.7 Å². The van der Waals surface area contributed by atoms with Gasteiger partial charge in [0, 0.05) is 32.6 Å². The Bertz CT molecular complexity index is 1180. The molecule has 0 atom stereocenters. The summed E-state index contributed by atoms with van der Waals surface area (Å²) in [6.45, 7) is 11.6. The van der Waals surface area contributed by atoms with Crippen molar-refractivity contribution < 1.29 is 4.74 Å². The largest absolute Gasteiger partial charge is 0.476 e. The van der Waals surface area contributed by atoms with Crippen molar-refractivity contribution >= 4 is 22.7 Å². The van der Waals surface area contributed by atoms with Crippen LogP contribution in [0.3, 0.4) is 0 Å². The van der Waals surface area contributed by atoms with E-state index in [0.29, 0.717) is 25.6 Å². The molecule has 0 aromatic carbocycles. The fourth-order valence-corrected chi connectivity index (χ4v) is 3.67. The molecule has 0 radical (unpaired) electrons. The number of hydrogen-bond acceptors (Lipinski definition) is 7. The van der Waals surface area contributed by atoms with E-state index in [1.54, 1.807) is 24.0 Å². The Kier molecular flexibility index (Phi) is 7.09. The van der Waals surface area contributed by atoms with E-state index in [-0.39, 0.29) is 0 Å². The van der Waals surface area contributed by atoms with E-state index in [1.807, 2.05) is 40.9 Å². The second kappa shape index (κ2) is 9.78. The second-order valence-electron chi connectivity index (χ2n) is 7.83. The van der Waals surface area contributed by atoms with E-state index in [9.17, 15) is 0 Å². The number of ether oxygens (including phenoxy) is 1. The van der Waals surface area contributed by atoms with Gasteiger partial charge in [-0.1, -0.05) is 6.58 Å². The lowest BCUT2D eigenvalue weighted by atomic mass is 10.1. The second-order valence-corrected chi connectivity index (χ2v) is 7.83. The highest BCUT2D eigenvalue weighted by Gasteiger charge is 2.20. The molecule has 3 N–H and O–H groups in total. The topological polar surface area (TPSA) is 110 Å². The lowest BCUT2D eigenvalue weighted by Crippen LogP contribution is -2.30. The summed E-state index contributed by atoms with van der Waals surface area (Å²) in [5.74, 6) is 0.688. The summed E-state index contributed by atoms with van der Waals surface area (Å²) in [7, 11) is 5.69. The van der Waals surface area contributed by atoms with Crippen LogP contribution in [-0.2, 0) is 7.05 Å². The zero-order valence-electron chi connectivity index (χ0n) is 19.7. The van der Waals surface area contributed by atoms with Crippen LogP contribution in [0.15, 0.2) is 29.4 Å². The van der Waals surface area contributed by atoms with Crippen LogP contribution >= 0.6 is 0 Å². The Labute approximate surface area is 188 Å². The van der Waals surface area contributed by atoms with Gasteiger partial charge in [-0.3, -0.25) is 20.0 Å². The molecule has 0 saturated carbocycles. The normalized spacial score (nSPS) is 12.7. The van der Waals surface area contributed by atoms with Crippen LogP contribution in [0, 0.1) is 13.8 Å². The van der Waals surface area contributed by atoms with E-state index in [2.05, 4.69) is 31.8 Å². The number of likely N-dealkylation sites (N-methyl/N-ethyl adjacent to an activating group) is 1. The van der Waals surface area contributed by atoms with Crippen LogP contribution in [0.2, 0.25) is 0 Å². The monoisotopic (exact) mass is 436 g/mol. The summed E-state index contributed by atoms with van der Waals surface area (Å²) in [6, 6.07) is 2.01. The van der Waals surface area contributed by atoms with Gasteiger partial charge in [0.2, 0.25) is 5.88 Å². The number of aromatic amines is 1. The molecule has 0 aliphatic carbocycles. The van der Waals surface area contributed by atoms with E-state index in [0.717, 1.165) is 50.5 Å². The van der Waals surface area contributed by atoms with Crippen molar-refractivity contribution in [2.75, 3.05) is 33.8 Å². The molecule has 0 bridgehead atoms. The number of hydrogen-bond donors (Lipinski definition) is 2.